The van der Waals surface area contributed by atoms with Gasteiger partial charge in [-0.15, -0.1) is 0 Å². The van der Waals surface area contributed by atoms with Crippen molar-refractivity contribution in [3.63, 3.8) is 0 Å². The van der Waals surface area contributed by atoms with Crippen molar-refractivity contribution in [1.29, 1.82) is 0 Å². The average Bonchev–Trinajstić information content (AvgIpc) is 2.84. The van der Waals surface area contributed by atoms with E-state index in [1.807, 2.05) is 0 Å². The molecule has 1 heterocycles. The standard InChI is InChI=1S/C15H15ClN4O3/c1-15(2)11(12(15)14(22)23)13(21)19-8-3-4-10(9(16)5-8)20-7-17-6-18-20/h3-7,11-12H,1-2H3,(H,19,21)(H,22,23)/t11-,12-/m0/s1. The minimum atomic E-state index is -0.949. The van der Waals surface area contributed by atoms with Crippen LogP contribution in [0.3, 0.4) is 0 Å². The number of aliphatic carboxylic acids is 1. The minimum Gasteiger partial charge on any atom is -0.481 e. The second-order valence-corrected chi connectivity index (χ2v) is 6.52. The van der Waals surface area contributed by atoms with Crippen LogP contribution in [0.1, 0.15) is 13.8 Å². The first kappa shape index (κ1) is 15.5. The highest BCUT2D eigenvalue weighted by molar-refractivity contribution is 6.32. The quantitative estimate of drug-likeness (QED) is 0.893. The van der Waals surface area contributed by atoms with E-state index in [1.54, 1.807) is 32.0 Å². The Bertz CT molecular complexity index is 773. The number of carbonyl (C=O) groups excluding carboxylic acids is 1. The van der Waals surface area contributed by atoms with E-state index in [1.165, 1.54) is 17.3 Å². The van der Waals surface area contributed by atoms with Crippen LogP contribution in [0.4, 0.5) is 5.69 Å². The Hall–Kier alpha value is -2.41. The van der Waals surface area contributed by atoms with Crippen LogP contribution in [0.15, 0.2) is 30.9 Å². The van der Waals surface area contributed by atoms with E-state index in [0.717, 1.165) is 0 Å². The van der Waals surface area contributed by atoms with Crippen LogP contribution in [0.25, 0.3) is 5.69 Å². The molecule has 1 aliphatic rings. The fourth-order valence-electron chi connectivity index (χ4n) is 2.91. The van der Waals surface area contributed by atoms with Gasteiger partial charge in [0.05, 0.1) is 22.5 Å². The first-order chi connectivity index (χ1) is 10.8. The van der Waals surface area contributed by atoms with Crippen molar-refractivity contribution >= 4 is 29.2 Å². The van der Waals surface area contributed by atoms with Crippen LogP contribution in [0.2, 0.25) is 5.02 Å². The highest BCUT2D eigenvalue weighted by atomic mass is 35.5. The summed E-state index contributed by atoms with van der Waals surface area (Å²) >= 11 is 6.20. The summed E-state index contributed by atoms with van der Waals surface area (Å²) < 4.78 is 1.51. The summed E-state index contributed by atoms with van der Waals surface area (Å²) in [5.41, 5.74) is 0.605. The third kappa shape index (κ3) is 2.68. The lowest BCUT2D eigenvalue weighted by Gasteiger charge is -2.09. The molecule has 1 aromatic heterocycles. The molecule has 0 spiro atoms. The van der Waals surface area contributed by atoms with E-state index in [0.29, 0.717) is 16.4 Å². The summed E-state index contributed by atoms with van der Waals surface area (Å²) in [6, 6.07) is 4.99. The van der Waals surface area contributed by atoms with Gasteiger partial charge in [-0.1, -0.05) is 25.4 Å². The fraction of sp³-hybridized carbons (Fsp3) is 0.333. The molecule has 0 radical (unpaired) electrons. The van der Waals surface area contributed by atoms with Crippen molar-refractivity contribution < 1.29 is 14.7 Å². The zero-order chi connectivity index (χ0) is 16.8. The van der Waals surface area contributed by atoms with Gasteiger partial charge in [-0.2, -0.15) is 5.10 Å². The molecule has 1 aromatic carbocycles. The Labute approximate surface area is 137 Å². The molecule has 1 amide bonds. The summed E-state index contributed by atoms with van der Waals surface area (Å²) in [5, 5.41) is 16.3. The van der Waals surface area contributed by atoms with Crippen molar-refractivity contribution in [2.45, 2.75) is 13.8 Å². The summed E-state index contributed by atoms with van der Waals surface area (Å²) in [5.74, 6) is -2.47. The Morgan fingerprint density at radius 2 is 2.09 bits per heavy atom. The second kappa shape index (κ2) is 5.34. The van der Waals surface area contributed by atoms with Crippen LogP contribution < -0.4 is 5.32 Å². The fourth-order valence-corrected chi connectivity index (χ4v) is 3.18. The van der Waals surface area contributed by atoms with E-state index in [-0.39, 0.29) is 5.91 Å². The minimum absolute atomic E-state index is 0.313. The number of hydrogen-bond donors (Lipinski definition) is 2. The number of nitrogens with zero attached hydrogens (tertiary/aromatic N) is 3. The number of anilines is 1. The number of aromatic nitrogens is 3. The number of carbonyl (C=O) groups is 2. The topological polar surface area (TPSA) is 97.1 Å². The zero-order valence-corrected chi connectivity index (χ0v) is 13.3. The van der Waals surface area contributed by atoms with Crippen LogP contribution in [-0.2, 0) is 9.59 Å². The van der Waals surface area contributed by atoms with Gasteiger partial charge >= 0.3 is 5.97 Å². The van der Waals surface area contributed by atoms with Crippen LogP contribution >= 0.6 is 11.6 Å². The highest BCUT2D eigenvalue weighted by Gasteiger charge is 2.65. The van der Waals surface area contributed by atoms with E-state index in [4.69, 9.17) is 16.7 Å². The number of halogens is 1. The summed E-state index contributed by atoms with van der Waals surface area (Å²) in [6.07, 6.45) is 2.91. The summed E-state index contributed by atoms with van der Waals surface area (Å²) in [4.78, 5) is 27.3. The van der Waals surface area contributed by atoms with Crippen molar-refractivity contribution in [3.05, 3.63) is 35.9 Å². The molecule has 2 N–H and O–H groups in total. The maximum absolute atomic E-state index is 12.3. The molecule has 2 aromatic rings. The molecular weight excluding hydrogens is 320 g/mol. The van der Waals surface area contributed by atoms with Gasteiger partial charge < -0.3 is 10.4 Å². The molecule has 0 bridgehead atoms. The van der Waals surface area contributed by atoms with Gasteiger partial charge in [0.15, 0.2) is 0 Å². The normalized spacial score (nSPS) is 21.7. The van der Waals surface area contributed by atoms with Crippen molar-refractivity contribution in [1.82, 2.24) is 14.8 Å². The van der Waals surface area contributed by atoms with Gasteiger partial charge in [0, 0.05) is 5.69 Å². The SMILES string of the molecule is CC1(C)[C@H](C(=O)O)[C@H]1C(=O)Nc1ccc(-n2cncn2)c(Cl)c1. The largest absolute Gasteiger partial charge is 0.481 e. The molecular formula is C15H15ClN4O3. The molecule has 23 heavy (non-hydrogen) atoms. The number of amides is 1. The third-order valence-electron chi connectivity index (χ3n) is 4.26. The van der Waals surface area contributed by atoms with Gasteiger partial charge in [-0.3, -0.25) is 9.59 Å². The first-order valence-corrected chi connectivity index (χ1v) is 7.38. The van der Waals surface area contributed by atoms with Gasteiger partial charge in [0.25, 0.3) is 0 Å². The Kier molecular flexibility index (Phi) is 3.60. The number of nitrogens with one attached hydrogen (secondary N) is 1. The van der Waals surface area contributed by atoms with Crippen LogP contribution in [-0.4, -0.2) is 31.7 Å². The summed E-state index contributed by atoms with van der Waals surface area (Å²) in [6.45, 7) is 3.55. The number of carboxylic acid groups (broad SMARTS) is 1. The van der Waals surface area contributed by atoms with Crippen molar-refractivity contribution in [2.75, 3.05) is 5.32 Å². The summed E-state index contributed by atoms with van der Waals surface area (Å²) in [7, 11) is 0. The third-order valence-corrected chi connectivity index (χ3v) is 4.56. The van der Waals surface area contributed by atoms with Gasteiger partial charge in [0.2, 0.25) is 5.91 Å². The van der Waals surface area contributed by atoms with Gasteiger partial charge in [-0.05, 0) is 23.6 Å². The molecule has 7 nitrogen and oxygen atoms in total. The van der Waals surface area contributed by atoms with Gasteiger partial charge in [-0.25, -0.2) is 9.67 Å². The van der Waals surface area contributed by atoms with E-state index in [2.05, 4.69) is 15.4 Å². The number of carboxylic acids is 1. The second-order valence-electron chi connectivity index (χ2n) is 6.11. The monoisotopic (exact) mass is 334 g/mol. The predicted octanol–water partition coefficient (Wildman–Crippen LogP) is 2.22. The van der Waals surface area contributed by atoms with Crippen LogP contribution in [0, 0.1) is 17.3 Å². The molecule has 1 aliphatic carbocycles. The number of rotatable bonds is 4. The lowest BCUT2D eigenvalue weighted by Crippen LogP contribution is -2.17. The maximum atomic E-state index is 12.3. The highest BCUT2D eigenvalue weighted by Crippen LogP contribution is 2.58. The van der Waals surface area contributed by atoms with E-state index >= 15 is 0 Å². The number of benzene rings is 1. The molecule has 2 atom stereocenters. The molecule has 3 rings (SSSR count). The first-order valence-electron chi connectivity index (χ1n) is 7.00. The predicted molar refractivity (Wildman–Crippen MR) is 83.4 cm³/mol. The Balaban J connectivity index is 1.76. The van der Waals surface area contributed by atoms with Crippen molar-refractivity contribution in [3.8, 4) is 5.69 Å². The average molecular weight is 335 g/mol. The molecule has 0 aliphatic heterocycles. The molecule has 1 saturated carbocycles. The Morgan fingerprint density at radius 3 is 2.61 bits per heavy atom. The smallest absolute Gasteiger partial charge is 0.307 e. The maximum Gasteiger partial charge on any atom is 0.307 e. The molecule has 8 heteroatoms. The molecule has 1 fully saturated rings. The van der Waals surface area contributed by atoms with Gasteiger partial charge in [0.1, 0.15) is 12.7 Å². The molecule has 0 saturated heterocycles. The van der Waals surface area contributed by atoms with Crippen molar-refractivity contribution in [2.24, 2.45) is 17.3 Å². The zero-order valence-electron chi connectivity index (χ0n) is 12.5. The lowest BCUT2D eigenvalue weighted by molar-refractivity contribution is -0.140. The molecule has 0 unspecified atom stereocenters. The lowest BCUT2D eigenvalue weighted by atomic mass is 10.1. The number of hydrogen-bond acceptors (Lipinski definition) is 4. The Morgan fingerprint density at radius 1 is 1.35 bits per heavy atom. The van der Waals surface area contributed by atoms with E-state index in [9.17, 15) is 9.59 Å². The van der Waals surface area contributed by atoms with Crippen LogP contribution in [0.5, 0.6) is 0 Å². The van der Waals surface area contributed by atoms with E-state index < -0.39 is 23.2 Å². The molecule has 120 valence electrons.